The molecule has 0 spiro atoms. The lowest BCUT2D eigenvalue weighted by Crippen LogP contribution is -2.48. The van der Waals surface area contributed by atoms with E-state index in [0.717, 1.165) is 12.0 Å². The third-order valence-corrected chi connectivity index (χ3v) is 4.62. The molecule has 1 saturated heterocycles. The van der Waals surface area contributed by atoms with Crippen molar-refractivity contribution < 1.29 is 14.4 Å². The number of aryl methyl sites for hydroxylation is 1. The van der Waals surface area contributed by atoms with Crippen LogP contribution < -0.4 is 5.32 Å². The van der Waals surface area contributed by atoms with Crippen molar-refractivity contribution in [3.05, 3.63) is 58.4 Å². The maximum absolute atomic E-state index is 12.6. The highest BCUT2D eigenvalue weighted by atomic mass is 35.5. The van der Waals surface area contributed by atoms with E-state index in [1.807, 2.05) is 6.92 Å². The van der Waals surface area contributed by atoms with Crippen LogP contribution in [-0.4, -0.2) is 59.2 Å². The Labute approximate surface area is 161 Å². The predicted molar refractivity (Wildman–Crippen MR) is 102 cm³/mol. The van der Waals surface area contributed by atoms with Crippen molar-refractivity contribution >= 4 is 35.5 Å². The Balaban J connectivity index is 1.72. The zero-order valence-corrected chi connectivity index (χ0v) is 15.6. The minimum Gasteiger partial charge on any atom is -0.342 e. The van der Waals surface area contributed by atoms with Crippen LogP contribution in [0.25, 0.3) is 0 Å². The number of nitrogens with zero attached hydrogens (tertiary/aromatic N) is 3. The molecule has 1 aliphatic heterocycles. The molecule has 0 saturated carbocycles. The van der Waals surface area contributed by atoms with Crippen LogP contribution in [-0.2, 0) is 4.79 Å². The van der Waals surface area contributed by atoms with Crippen LogP contribution in [0, 0.1) is 6.92 Å². The summed E-state index contributed by atoms with van der Waals surface area (Å²) in [6.45, 7) is 3.71. The highest BCUT2D eigenvalue weighted by Gasteiger charge is 2.23. The van der Waals surface area contributed by atoms with E-state index in [2.05, 4.69) is 10.3 Å². The highest BCUT2D eigenvalue weighted by Crippen LogP contribution is 2.20. The largest absolute Gasteiger partial charge is 0.342 e. The monoisotopic (exact) mass is 386 g/mol. The second-order valence-corrected chi connectivity index (χ2v) is 6.69. The minimum atomic E-state index is -0.402. The van der Waals surface area contributed by atoms with Gasteiger partial charge in [-0.2, -0.15) is 0 Å². The molecule has 7 nitrogen and oxygen atoms in total. The van der Waals surface area contributed by atoms with Crippen LogP contribution in [0.4, 0.5) is 5.69 Å². The topological polar surface area (TPSA) is 82.6 Å². The van der Waals surface area contributed by atoms with Gasteiger partial charge in [0, 0.05) is 36.9 Å². The number of carbonyl (C=O) groups excluding carboxylic acids is 3. The standard InChI is InChI=1S/C19H19ClN4O3/c1-13-11-14(20)5-6-15(13)22-18(26)16-3-2-4-17(21-16)19(27)24-9-7-23(12-25)8-10-24/h2-6,11-12H,7-10H2,1H3,(H,22,26). The maximum atomic E-state index is 12.6. The molecular weight excluding hydrogens is 368 g/mol. The number of hydrogen-bond donors (Lipinski definition) is 1. The molecule has 3 amide bonds. The Morgan fingerprint density at radius 1 is 1.11 bits per heavy atom. The summed E-state index contributed by atoms with van der Waals surface area (Å²) in [5.41, 5.74) is 1.82. The summed E-state index contributed by atoms with van der Waals surface area (Å²) in [7, 11) is 0. The fraction of sp³-hybridized carbons (Fsp3) is 0.263. The molecule has 2 aromatic rings. The summed E-state index contributed by atoms with van der Waals surface area (Å²) in [6, 6.07) is 9.93. The Hall–Kier alpha value is -2.93. The van der Waals surface area contributed by atoms with E-state index < -0.39 is 5.91 Å². The number of halogens is 1. The quantitative estimate of drug-likeness (QED) is 0.817. The Kier molecular flexibility index (Phi) is 5.71. The molecule has 0 bridgehead atoms. The number of carbonyl (C=O) groups is 3. The number of amides is 3. The van der Waals surface area contributed by atoms with E-state index >= 15 is 0 Å². The van der Waals surface area contributed by atoms with Crippen molar-refractivity contribution in [2.75, 3.05) is 31.5 Å². The zero-order chi connectivity index (χ0) is 19.4. The molecule has 0 aliphatic carbocycles. The van der Waals surface area contributed by atoms with Gasteiger partial charge < -0.3 is 15.1 Å². The molecule has 0 radical (unpaired) electrons. The van der Waals surface area contributed by atoms with Crippen LogP contribution in [0.2, 0.25) is 5.02 Å². The third-order valence-electron chi connectivity index (χ3n) is 4.39. The van der Waals surface area contributed by atoms with Gasteiger partial charge >= 0.3 is 0 Å². The minimum absolute atomic E-state index is 0.154. The number of pyridine rings is 1. The second-order valence-electron chi connectivity index (χ2n) is 6.26. The van der Waals surface area contributed by atoms with E-state index in [1.54, 1.807) is 46.2 Å². The van der Waals surface area contributed by atoms with Crippen LogP contribution in [0.15, 0.2) is 36.4 Å². The Morgan fingerprint density at radius 3 is 2.48 bits per heavy atom. The number of aromatic nitrogens is 1. The van der Waals surface area contributed by atoms with Crippen molar-refractivity contribution in [3.63, 3.8) is 0 Å². The molecule has 27 heavy (non-hydrogen) atoms. The van der Waals surface area contributed by atoms with E-state index in [9.17, 15) is 14.4 Å². The van der Waals surface area contributed by atoms with Gasteiger partial charge in [0.2, 0.25) is 6.41 Å². The van der Waals surface area contributed by atoms with Crippen LogP contribution >= 0.6 is 11.6 Å². The first-order chi connectivity index (χ1) is 13.0. The predicted octanol–water partition coefficient (Wildman–Crippen LogP) is 2.21. The summed E-state index contributed by atoms with van der Waals surface area (Å²) in [5, 5.41) is 3.37. The number of hydrogen-bond acceptors (Lipinski definition) is 4. The molecule has 0 atom stereocenters. The summed E-state index contributed by atoms with van der Waals surface area (Å²) in [6.07, 6.45) is 0.782. The maximum Gasteiger partial charge on any atom is 0.274 e. The van der Waals surface area contributed by atoms with Gasteiger partial charge in [0.1, 0.15) is 11.4 Å². The molecule has 1 aromatic heterocycles. The lowest BCUT2D eigenvalue weighted by molar-refractivity contribution is -0.119. The number of piperazine rings is 1. The summed E-state index contributed by atoms with van der Waals surface area (Å²) < 4.78 is 0. The average Bonchev–Trinajstić information content (AvgIpc) is 2.69. The summed E-state index contributed by atoms with van der Waals surface area (Å²) in [5.74, 6) is -0.654. The highest BCUT2D eigenvalue weighted by molar-refractivity contribution is 6.30. The van der Waals surface area contributed by atoms with Gasteiger partial charge in [0.05, 0.1) is 0 Å². The van der Waals surface area contributed by atoms with Crippen molar-refractivity contribution in [1.82, 2.24) is 14.8 Å². The molecule has 1 N–H and O–H groups in total. The lowest BCUT2D eigenvalue weighted by Gasteiger charge is -2.32. The van der Waals surface area contributed by atoms with Crippen LogP contribution in [0.1, 0.15) is 26.5 Å². The fourth-order valence-corrected chi connectivity index (χ4v) is 3.05. The zero-order valence-electron chi connectivity index (χ0n) is 14.8. The van der Waals surface area contributed by atoms with Gasteiger partial charge in [-0.05, 0) is 42.8 Å². The first kappa shape index (κ1) is 18.8. The van der Waals surface area contributed by atoms with Gasteiger partial charge in [0.25, 0.3) is 11.8 Å². The normalized spacial score (nSPS) is 14.0. The summed E-state index contributed by atoms with van der Waals surface area (Å²) in [4.78, 5) is 43.4. The number of benzene rings is 1. The molecule has 2 heterocycles. The van der Waals surface area contributed by atoms with Crippen LogP contribution in [0.3, 0.4) is 0 Å². The lowest BCUT2D eigenvalue weighted by atomic mass is 10.2. The van der Waals surface area contributed by atoms with Gasteiger partial charge in [-0.15, -0.1) is 0 Å². The first-order valence-corrected chi connectivity index (χ1v) is 8.89. The van der Waals surface area contributed by atoms with Crippen LogP contribution in [0.5, 0.6) is 0 Å². The smallest absolute Gasteiger partial charge is 0.274 e. The number of anilines is 1. The molecule has 1 aliphatic rings. The molecule has 140 valence electrons. The van der Waals surface area contributed by atoms with Gasteiger partial charge in [-0.25, -0.2) is 4.98 Å². The fourth-order valence-electron chi connectivity index (χ4n) is 2.83. The van der Waals surface area contributed by atoms with Gasteiger partial charge in [0.15, 0.2) is 0 Å². The van der Waals surface area contributed by atoms with E-state index in [1.165, 1.54) is 0 Å². The molecule has 8 heteroatoms. The average molecular weight is 387 g/mol. The first-order valence-electron chi connectivity index (χ1n) is 8.51. The number of rotatable bonds is 4. The Morgan fingerprint density at radius 2 is 1.81 bits per heavy atom. The van der Waals surface area contributed by atoms with Crippen molar-refractivity contribution in [3.8, 4) is 0 Å². The van der Waals surface area contributed by atoms with E-state index in [0.29, 0.717) is 36.9 Å². The molecular formula is C19H19ClN4O3. The SMILES string of the molecule is Cc1cc(Cl)ccc1NC(=O)c1cccc(C(=O)N2CCN(C=O)CC2)n1. The second kappa shape index (κ2) is 8.18. The molecule has 3 rings (SSSR count). The third kappa shape index (κ3) is 4.43. The van der Waals surface area contributed by atoms with Crippen molar-refractivity contribution in [2.24, 2.45) is 0 Å². The van der Waals surface area contributed by atoms with Gasteiger partial charge in [-0.3, -0.25) is 14.4 Å². The van der Waals surface area contributed by atoms with E-state index in [4.69, 9.17) is 11.6 Å². The van der Waals surface area contributed by atoms with Crippen molar-refractivity contribution in [2.45, 2.75) is 6.92 Å². The molecule has 1 fully saturated rings. The Bertz CT molecular complexity index is 879. The molecule has 1 aromatic carbocycles. The molecule has 0 unspecified atom stereocenters. The number of nitrogens with one attached hydrogen (secondary N) is 1. The summed E-state index contributed by atoms with van der Waals surface area (Å²) >= 11 is 5.93. The van der Waals surface area contributed by atoms with E-state index in [-0.39, 0.29) is 17.3 Å². The van der Waals surface area contributed by atoms with Crippen molar-refractivity contribution in [1.29, 1.82) is 0 Å². The van der Waals surface area contributed by atoms with Gasteiger partial charge in [-0.1, -0.05) is 17.7 Å².